The van der Waals surface area contributed by atoms with Gasteiger partial charge in [0.05, 0.1) is 0 Å². The molecule has 1 heteroatoms. The molecule has 0 rings (SSSR count). The Hall–Kier alpha value is 1.26. The van der Waals surface area contributed by atoms with E-state index in [0.717, 1.165) is 6.42 Å². The molecule has 0 aromatic heterocycles. The summed E-state index contributed by atoms with van der Waals surface area (Å²) in [7, 11) is 0. The second-order valence-electron chi connectivity index (χ2n) is 4.39. The summed E-state index contributed by atoms with van der Waals surface area (Å²) in [6, 6.07) is 0. The van der Waals surface area contributed by atoms with Crippen LogP contribution in [-0.2, 0) is 0 Å². The van der Waals surface area contributed by atoms with Gasteiger partial charge in [-0.25, -0.2) is 0 Å². The van der Waals surface area contributed by atoms with Crippen LogP contribution in [0, 0.1) is 6.92 Å². The number of hydrogen-bond donors (Lipinski definition) is 0. The zero-order valence-corrected chi connectivity index (χ0v) is 10.2. The van der Waals surface area contributed by atoms with Crippen molar-refractivity contribution in [3.63, 3.8) is 0 Å². The fourth-order valence-electron chi connectivity index (χ4n) is 1.84. The molecule has 0 aliphatic carbocycles. The van der Waals surface area contributed by atoms with Gasteiger partial charge in [-0.1, -0.05) is 90.9 Å². The summed E-state index contributed by atoms with van der Waals surface area (Å²) in [6.45, 7) is 6.14. The first-order valence-corrected chi connectivity index (χ1v) is 6.71. The Bertz CT molecular complexity index is 79.3. The summed E-state index contributed by atoms with van der Waals surface area (Å²) >= 11 is 0. The SMILES string of the molecule is [CH2]CCCCCCCCCCCCC.[CaH2]. The number of unbranched alkanes of at least 4 members (excludes halogenated alkanes) is 11. The summed E-state index contributed by atoms with van der Waals surface area (Å²) in [5.74, 6) is 0. The van der Waals surface area contributed by atoms with Crippen molar-refractivity contribution in [1.82, 2.24) is 0 Å². The quantitative estimate of drug-likeness (QED) is 0.365. The minimum atomic E-state index is 0. The van der Waals surface area contributed by atoms with Crippen LogP contribution in [0.4, 0.5) is 0 Å². The Morgan fingerprint density at radius 3 is 1.27 bits per heavy atom. The van der Waals surface area contributed by atoms with Gasteiger partial charge in [-0.05, 0) is 0 Å². The van der Waals surface area contributed by atoms with Crippen molar-refractivity contribution in [3.8, 4) is 0 Å². The van der Waals surface area contributed by atoms with Crippen molar-refractivity contribution in [1.29, 1.82) is 0 Å². The van der Waals surface area contributed by atoms with Gasteiger partial charge in [0.25, 0.3) is 0 Å². The van der Waals surface area contributed by atoms with E-state index in [1.165, 1.54) is 70.6 Å². The summed E-state index contributed by atoms with van der Waals surface area (Å²) in [4.78, 5) is 0. The molecular formula is C14H31Ca. The molecule has 0 fully saturated rings. The van der Waals surface area contributed by atoms with Crippen LogP contribution in [0.3, 0.4) is 0 Å². The fourth-order valence-corrected chi connectivity index (χ4v) is 1.84. The van der Waals surface area contributed by atoms with Gasteiger partial charge in [0.2, 0.25) is 0 Å². The van der Waals surface area contributed by atoms with Crippen LogP contribution in [0.5, 0.6) is 0 Å². The predicted octanol–water partition coefficient (Wildman–Crippen LogP) is 4.61. The summed E-state index contributed by atoms with van der Waals surface area (Å²) in [5.41, 5.74) is 0. The molecule has 0 heterocycles. The van der Waals surface area contributed by atoms with E-state index in [1.54, 1.807) is 0 Å². The fraction of sp³-hybridized carbons (Fsp3) is 0.929. The molecule has 0 aliphatic heterocycles. The normalized spacial score (nSPS) is 10.0. The van der Waals surface area contributed by atoms with E-state index in [-0.39, 0.29) is 37.7 Å². The Kier molecular flexibility index (Phi) is 21.9. The molecule has 0 spiro atoms. The van der Waals surface area contributed by atoms with Crippen LogP contribution in [0.1, 0.15) is 84.0 Å². The van der Waals surface area contributed by atoms with Crippen LogP contribution in [-0.4, -0.2) is 37.7 Å². The van der Waals surface area contributed by atoms with E-state index >= 15 is 0 Å². The van der Waals surface area contributed by atoms with E-state index in [0.29, 0.717) is 0 Å². The molecule has 89 valence electrons. The molecule has 0 aliphatic rings. The molecule has 1 radical (unpaired) electrons. The van der Waals surface area contributed by atoms with Gasteiger partial charge in [0.1, 0.15) is 0 Å². The van der Waals surface area contributed by atoms with Crippen LogP contribution in [0.25, 0.3) is 0 Å². The maximum atomic E-state index is 3.86. The van der Waals surface area contributed by atoms with Crippen LogP contribution < -0.4 is 0 Å². The summed E-state index contributed by atoms with van der Waals surface area (Å²) < 4.78 is 0. The molecular weight excluding hydrogens is 208 g/mol. The van der Waals surface area contributed by atoms with Crippen molar-refractivity contribution in [2.45, 2.75) is 84.0 Å². The van der Waals surface area contributed by atoms with E-state index in [9.17, 15) is 0 Å². The van der Waals surface area contributed by atoms with E-state index in [2.05, 4.69) is 13.8 Å². The van der Waals surface area contributed by atoms with Crippen molar-refractivity contribution in [2.75, 3.05) is 0 Å². The van der Waals surface area contributed by atoms with Crippen molar-refractivity contribution in [2.24, 2.45) is 0 Å². The Labute approximate surface area is 128 Å². The molecule has 0 amide bonds. The first-order valence-electron chi connectivity index (χ1n) is 6.71. The molecule has 0 atom stereocenters. The maximum absolute atomic E-state index is 3.86. The number of hydrogen-bond acceptors (Lipinski definition) is 0. The molecule has 0 aromatic carbocycles. The molecule has 0 bridgehead atoms. The first-order chi connectivity index (χ1) is 6.91. The van der Waals surface area contributed by atoms with Crippen molar-refractivity contribution >= 4 is 37.7 Å². The van der Waals surface area contributed by atoms with E-state index < -0.39 is 0 Å². The third kappa shape index (κ3) is 17.9. The van der Waals surface area contributed by atoms with Crippen LogP contribution in [0.15, 0.2) is 0 Å². The Morgan fingerprint density at radius 2 is 0.933 bits per heavy atom. The number of rotatable bonds is 11. The Morgan fingerprint density at radius 1 is 0.600 bits per heavy atom. The summed E-state index contributed by atoms with van der Waals surface area (Å²) in [5, 5.41) is 0. The van der Waals surface area contributed by atoms with Gasteiger partial charge in [0, 0.05) is 0 Å². The second kappa shape index (κ2) is 17.6. The second-order valence-corrected chi connectivity index (χ2v) is 4.39. The average Bonchev–Trinajstić information content (AvgIpc) is 2.21. The van der Waals surface area contributed by atoms with E-state index in [1.807, 2.05) is 0 Å². The van der Waals surface area contributed by atoms with Crippen LogP contribution in [0.2, 0.25) is 0 Å². The molecule has 0 N–H and O–H groups in total. The molecule has 15 heavy (non-hydrogen) atoms. The van der Waals surface area contributed by atoms with E-state index in [4.69, 9.17) is 0 Å². The van der Waals surface area contributed by atoms with Gasteiger partial charge < -0.3 is 0 Å². The van der Waals surface area contributed by atoms with Gasteiger partial charge >= 0.3 is 37.7 Å². The molecule has 0 nitrogen and oxygen atoms in total. The molecule has 0 saturated carbocycles. The standard InChI is InChI=1S/C14H29.Ca.2H/c1-3-5-7-9-11-13-14-12-10-8-6-4-2;;;/h1,3-14H2,2H3;;;. The first kappa shape index (κ1) is 18.6. The molecule has 0 saturated heterocycles. The van der Waals surface area contributed by atoms with Crippen molar-refractivity contribution in [3.05, 3.63) is 6.92 Å². The Balaban J connectivity index is 0. The molecule has 0 unspecified atom stereocenters. The van der Waals surface area contributed by atoms with Gasteiger partial charge in [0.15, 0.2) is 0 Å². The zero-order chi connectivity index (χ0) is 10.5. The van der Waals surface area contributed by atoms with Gasteiger partial charge in [-0.3, -0.25) is 0 Å². The monoisotopic (exact) mass is 239 g/mol. The van der Waals surface area contributed by atoms with Crippen LogP contribution >= 0.6 is 0 Å². The third-order valence-corrected chi connectivity index (χ3v) is 2.85. The minimum absolute atomic E-state index is 0. The molecule has 0 aromatic rings. The average molecular weight is 239 g/mol. The van der Waals surface area contributed by atoms with Gasteiger partial charge in [-0.2, -0.15) is 0 Å². The summed E-state index contributed by atoms with van der Waals surface area (Å²) in [6.07, 6.45) is 16.9. The predicted molar refractivity (Wildman–Crippen MR) is 75.0 cm³/mol. The topological polar surface area (TPSA) is 0 Å². The zero-order valence-electron chi connectivity index (χ0n) is 10.2. The third-order valence-electron chi connectivity index (χ3n) is 2.85. The van der Waals surface area contributed by atoms with Gasteiger partial charge in [-0.15, -0.1) is 0 Å². The van der Waals surface area contributed by atoms with Crippen molar-refractivity contribution < 1.29 is 0 Å².